The molecule has 0 N–H and O–H groups in total. The lowest BCUT2D eigenvalue weighted by Gasteiger charge is -1.94. The van der Waals surface area contributed by atoms with Crippen LogP contribution in [-0.2, 0) is 4.74 Å². The van der Waals surface area contributed by atoms with Gasteiger partial charge in [0, 0.05) is 0 Å². The van der Waals surface area contributed by atoms with Gasteiger partial charge in [-0.1, -0.05) is 0 Å². The van der Waals surface area contributed by atoms with Gasteiger partial charge in [0.05, 0.1) is 13.3 Å². The van der Waals surface area contributed by atoms with Crippen molar-refractivity contribution in [1.29, 1.82) is 0 Å². The van der Waals surface area contributed by atoms with Gasteiger partial charge >= 0.3 is 0 Å². The van der Waals surface area contributed by atoms with Crippen LogP contribution in [0.2, 0.25) is 0 Å². The summed E-state index contributed by atoms with van der Waals surface area (Å²) < 4.78 is 4.86. The molecular formula is C5H7N2O. The van der Waals surface area contributed by atoms with E-state index in [9.17, 15) is 0 Å². The summed E-state index contributed by atoms with van der Waals surface area (Å²) in [6, 6.07) is 0. The molecule has 0 aromatic heterocycles. The standard InChI is InChI=1S/C5H7N2O/c1-4-5(8-2)3-6-7-4/h3H,1-2H3. The Labute approximate surface area is 48.0 Å². The summed E-state index contributed by atoms with van der Waals surface area (Å²) in [6.45, 7) is 1.85. The highest BCUT2D eigenvalue weighted by Crippen LogP contribution is 2.02. The van der Waals surface area contributed by atoms with Crippen LogP contribution >= 0.6 is 0 Å². The number of methoxy groups -OCH3 is 1. The molecule has 0 aromatic carbocycles. The zero-order chi connectivity index (χ0) is 5.98. The van der Waals surface area contributed by atoms with Gasteiger partial charge in [-0.25, -0.2) is 0 Å². The Morgan fingerprint density at radius 1 is 1.62 bits per heavy atom. The maximum absolute atomic E-state index is 4.86. The topological polar surface area (TPSA) is 35.7 Å². The molecule has 0 aliphatic carbocycles. The lowest BCUT2D eigenvalue weighted by atomic mass is 10.4. The van der Waals surface area contributed by atoms with Crippen molar-refractivity contribution < 1.29 is 4.74 Å². The van der Waals surface area contributed by atoms with E-state index in [1.807, 2.05) is 6.92 Å². The molecule has 1 heterocycles. The molecule has 0 amide bonds. The fourth-order valence-corrected chi connectivity index (χ4v) is 0.511. The quantitative estimate of drug-likeness (QED) is 0.484. The highest BCUT2D eigenvalue weighted by Gasteiger charge is 2.05. The summed E-state index contributed by atoms with van der Waals surface area (Å²) in [7, 11) is 1.60. The van der Waals surface area contributed by atoms with Crippen LogP contribution in [0.5, 0.6) is 0 Å². The number of allylic oxidation sites excluding steroid dienone is 1. The lowest BCUT2D eigenvalue weighted by Crippen LogP contribution is -1.93. The van der Waals surface area contributed by atoms with Crippen molar-refractivity contribution >= 4 is 5.71 Å². The molecule has 0 unspecified atom stereocenters. The smallest absolute Gasteiger partial charge is 0.161 e. The molecule has 43 valence electrons. The predicted octanol–water partition coefficient (Wildman–Crippen LogP) is 0.468. The maximum atomic E-state index is 4.86. The molecule has 1 rings (SSSR count). The molecular weight excluding hydrogens is 104 g/mol. The van der Waals surface area contributed by atoms with E-state index in [0.29, 0.717) is 0 Å². The van der Waals surface area contributed by atoms with Crippen LogP contribution in [0.1, 0.15) is 6.92 Å². The Morgan fingerprint density at radius 3 is 2.62 bits per heavy atom. The van der Waals surface area contributed by atoms with Gasteiger partial charge < -0.3 is 4.74 Å². The first-order valence-electron chi connectivity index (χ1n) is 2.33. The second kappa shape index (κ2) is 1.86. The van der Waals surface area contributed by atoms with Gasteiger partial charge in [-0.05, 0) is 6.92 Å². The molecule has 3 heteroatoms. The third kappa shape index (κ3) is 0.665. The third-order valence-electron chi connectivity index (χ3n) is 0.959. The van der Waals surface area contributed by atoms with Crippen molar-refractivity contribution in [2.45, 2.75) is 6.92 Å². The van der Waals surface area contributed by atoms with E-state index >= 15 is 0 Å². The van der Waals surface area contributed by atoms with E-state index in [1.54, 1.807) is 13.3 Å². The number of nitrogens with zero attached hydrogens (tertiary/aromatic N) is 2. The largest absolute Gasteiger partial charge is 0.493 e. The fourth-order valence-electron chi connectivity index (χ4n) is 0.511. The summed E-state index contributed by atoms with van der Waals surface area (Å²) in [4.78, 5) is 0. The van der Waals surface area contributed by atoms with E-state index in [1.165, 1.54) is 0 Å². The van der Waals surface area contributed by atoms with E-state index in [-0.39, 0.29) is 0 Å². The lowest BCUT2D eigenvalue weighted by molar-refractivity contribution is 0.315. The minimum Gasteiger partial charge on any atom is -0.493 e. The second-order valence-electron chi connectivity index (χ2n) is 1.50. The Bertz CT molecular complexity index is 149. The molecule has 0 saturated carbocycles. The van der Waals surface area contributed by atoms with Crippen molar-refractivity contribution in [3.63, 3.8) is 0 Å². The summed E-state index contributed by atoms with van der Waals surface area (Å²) >= 11 is 0. The van der Waals surface area contributed by atoms with Crippen LogP contribution in [0.25, 0.3) is 0 Å². The second-order valence-corrected chi connectivity index (χ2v) is 1.50. The van der Waals surface area contributed by atoms with Crippen LogP contribution in [0.3, 0.4) is 0 Å². The number of hydrogen-bond donors (Lipinski definition) is 0. The Hall–Kier alpha value is -0.990. The summed E-state index contributed by atoms with van der Waals surface area (Å²) in [5, 5.41) is 3.71. The van der Waals surface area contributed by atoms with Gasteiger partial charge in [0.2, 0.25) is 0 Å². The Morgan fingerprint density at radius 2 is 2.38 bits per heavy atom. The van der Waals surface area contributed by atoms with E-state index < -0.39 is 0 Å². The first kappa shape index (κ1) is 5.15. The van der Waals surface area contributed by atoms with Crippen molar-refractivity contribution in [3.8, 4) is 0 Å². The van der Waals surface area contributed by atoms with Gasteiger partial charge in [0.25, 0.3) is 0 Å². The number of hydrogen-bond acceptors (Lipinski definition) is 2. The molecule has 1 aliphatic rings. The third-order valence-corrected chi connectivity index (χ3v) is 0.959. The summed E-state index contributed by atoms with van der Waals surface area (Å²) in [5.74, 6) is 0.755. The van der Waals surface area contributed by atoms with Crippen molar-refractivity contribution in [2.75, 3.05) is 7.11 Å². The molecule has 0 fully saturated rings. The summed E-state index contributed by atoms with van der Waals surface area (Å²) in [6.07, 6.45) is 1.59. The first-order chi connectivity index (χ1) is 3.84. The molecule has 0 aromatic rings. The zero-order valence-corrected chi connectivity index (χ0v) is 4.88. The van der Waals surface area contributed by atoms with Gasteiger partial charge in [0.1, 0.15) is 5.71 Å². The minimum absolute atomic E-state index is 0.755. The normalized spacial score (nSPS) is 16.8. The highest BCUT2D eigenvalue weighted by molar-refractivity contribution is 5.97. The van der Waals surface area contributed by atoms with E-state index in [4.69, 9.17) is 4.74 Å². The van der Waals surface area contributed by atoms with E-state index in [2.05, 4.69) is 10.5 Å². The molecule has 3 nitrogen and oxygen atoms in total. The average Bonchev–Trinajstić information content (AvgIpc) is 2.14. The molecule has 0 spiro atoms. The SMILES string of the molecule is COC1=C[N]N=C1C. The number of rotatable bonds is 1. The van der Waals surface area contributed by atoms with Gasteiger partial charge in [-0.3, -0.25) is 0 Å². The first-order valence-corrected chi connectivity index (χ1v) is 2.33. The number of ether oxygens (including phenoxy) is 1. The minimum atomic E-state index is 0.755. The van der Waals surface area contributed by atoms with E-state index in [0.717, 1.165) is 11.5 Å². The Kier molecular flexibility index (Phi) is 1.20. The molecule has 0 atom stereocenters. The predicted molar refractivity (Wildman–Crippen MR) is 30.3 cm³/mol. The van der Waals surface area contributed by atoms with Crippen LogP contribution in [0, 0.1) is 0 Å². The molecule has 1 aliphatic heterocycles. The monoisotopic (exact) mass is 111 g/mol. The van der Waals surface area contributed by atoms with Crippen LogP contribution in [0.15, 0.2) is 17.1 Å². The van der Waals surface area contributed by atoms with Crippen LogP contribution in [0.4, 0.5) is 0 Å². The van der Waals surface area contributed by atoms with Crippen LogP contribution in [-0.4, -0.2) is 12.8 Å². The van der Waals surface area contributed by atoms with Gasteiger partial charge in [-0.2, -0.15) is 10.5 Å². The molecule has 1 radical (unpaired) electrons. The molecule has 0 bridgehead atoms. The summed E-state index contributed by atoms with van der Waals surface area (Å²) in [5.41, 5.74) is 4.46. The van der Waals surface area contributed by atoms with Crippen molar-refractivity contribution in [2.24, 2.45) is 5.10 Å². The maximum Gasteiger partial charge on any atom is 0.161 e. The van der Waals surface area contributed by atoms with Crippen LogP contribution < -0.4 is 5.43 Å². The average molecular weight is 111 g/mol. The molecule has 8 heavy (non-hydrogen) atoms. The Balaban J connectivity index is 2.66. The highest BCUT2D eigenvalue weighted by atomic mass is 16.5. The fraction of sp³-hybridized carbons (Fsp3) is 0.400. The van der Waals surface area contributed by atoms with Gasteiger partial charge in [0.15, 0.2) is 5.76 Å². The van der Waals surface area contributed by atoms with Crippen molar-refractivity contribution in [1.82, 2.24) is 5.43 Å². The zero-order valence-electron chi connectivity index (χ0n) is 4.88. The van der Waals surface area contributed by atoms with Gasteiger partial charge in [-0.15, -0.1) is 0 Å². The van der Waals surface area contributed by atoms with Crippen molar-refractivity contribution in [3.05, 3.63) is 12.0 Å². The molecule has 0 saturated heterocycles.